The minimum atomic E-state index is -0.605. The van der Waals surface area contributed by atoms with E-state index in [9.17, 15) is 9.59 Å². The first-order valence-electron chi connectivity index (χ1n) is 5.63. The fourth-order valence-electron chi connectivity index (χ4n) is 1.58. The van der Waals surface area contributed by atoms with Gasteiger partial charge in [-0.2, -0.15) is 0 Å². The third kappa shape index (κ3) is 2.41. The summed E-state index contributed by atoms with van der Waals surface area (Å²) in [6, 6.07) is 1.34. The van der Waals surface area contributed by atoms with Crippen molar-refractivity contribution < 1.29 is 9.53 Å². The van der Waals surface area contributed by atoms with Crippen molar-refractivity contribution in [2.24, 2.45) is 0 Å². The van der Waals surface area contributed by atoms with E-state index in [0.29, 0.717) is 10.7 Å². The lowest BCUT2D eigenvalue weighted by Crippen LogP contribution is -2.15. The Morgan fingerprint density at radius 3 is 3.10 bits per heavy atom. The van der Waals surface area contributed by atoms with E-state index in [4.69, 9.17) is 4.74 Å². The van der Waals surface area contributed by atoms with Crippen LogP contribution in [0.4, 0.5) is 0 Å². The van der Waals surface area contributed by atoms with E-state index in [2.05, 4.69) is 15.0 Å². The molecule has 3 rings (SSSR count). The highest BCUT2D eigenvalue weighted by Gasteiger charge is 2.10. The zero-order valence-corrected chi connectivity index (χ0v) is 10.9. The standard InChI is InChI=1S/C12H8N4O3S/c17-10-5-8(15-12-16(10)3-4-20-12)7-19-11(18)9-6-13-1-2-14-9/h1-6H,7H2. The maximum absolute atomic E-state index is 11.7. The second-order valence-corrected chi connectivity index (χ2v) is 4.68. The third-order valence-electron chi connectivity index (χ3n) is 2.48. The molecular weight excluding hydrogens is 280 g/mol. The highest BCUT2D eigenvalue weighted by Crippen LogP contribution is 2.07. The molecule has 0 spiro atoms. The zero-order chi connectivity index (χ0) is 13.9. The molecule has 0 aromatic carbocycles. The minimum Gasteiger partial charge on any atom is -0.454 e. The molecule has 8 heteroatoms. The second kappa shape index (κ2) is 5.17. The predicted octanol–water partition coefficient (Wildman–Crippen LogP) is 0.903. The lowest BCUT2D eigenvalue weighted by molar-refractivity contribution is 0.0460. The number of hydrogen-bond acceptors (Lipinski definition) is 7. The Bertz CT molecular complexity index is 812. The number of esters is 1. The topological polar surface area (TPSA) is 86.5 Å². The van der Waals surface area contributed by atoms with Crippen molar-refractivity contribution in [3.63, 3.8) is 0 Å². The normalized spacial score (nSPS) is 10.6. The molecule has 3 heterocycles. The Kier molecular flexibility index (Phi) is 3.21. The number of aromatic nitrogens is 4. The average molecular weight is 288 g/mol. The molecule has 3 aromatic heterocycles. The first kappa shape index (κ1) is 12.4. The first-order valence-corrected chi connectivity index (χ1v) is 6.51. The van der Waals surface area contributed by atoms with Crippen molar-refractivity contribution in [2.45, 2.75) is 6.61 Å². The van der Waals surface area contributed by atoms with Crippen LogP contribution in [0.3, 0.4) is 0 Å². The van der Waals surface area contributed by atoms with Crippen LogP contribution in [0.2, 0.25) is 0 Å². The second-order valence-electron chi connectivity index (χ2n) is 3.81. The fourth-order valence-corrected chi connectivity index (χ4v) is 2.32. The van der Waals surface area contributed by atoms with Crippen LogP contribution in [0.5, 0.6) is 0 Å². The van der Waals surface area contributed by atoms with E-state index in [-0.39, 0.29) is 17.9 Å². The van der Waals surface area contributed by atoms with Crippen LogP contribution >= 0.6 is 11.3 Å². The third-order valence-corrected chi connectivity index (χ3v) is 3.24. The van der Waals surface area contributed by atoms with Crippen molar-refractivity contribution >= 4 is 22.3 Å². The van der Waals surface area contributed by atoms with Crippen molar-refractivity contribution in [1.82, 2.24) is 19.4 Å². The largest absolute Gasteiger partial charge is 0.454 e. The molecule has 20 heavy (non-hydrogen) atoms. The molecule has 0 atom stereocenters. The van der Waals surface area contributed by atoms with Crippen LogP contribution in [0.1, 0.15) is 16.2 Å². The van der Waals surface area contributed by atoms with Gasteiger partial charge in [-0.3, -0.25) is 14.2 Å². The molecule has 7 nitrogen and oxygen atoms in total. The predicted molar refractivity (Wildman–Crippen MR) is 70.5 cm³/mol. The van der Waals surface area contributed by atoms with Gasteiger partial charge in [-0.15, -0.1) is 11.3 Å². The molecule has 100 valence electrons. The molecule has 0 aliphatic rings. The summed E-state index contributed by atoms with van der Waals surface area (Å²) >= 11 is 1.34. The number of fused-ring (bicyclic) bond motifs is 1. The van der Waals surface area contributed by atoms with Gasteiger partial charge in [0.1, 0.15) is 6.61 Å². The minimum absolute atomic E-state index is 0.0843. The Morgan fingerprint density at radius 1 is 1.40 bits per heavy atom. The molecule has 0 unspecified atom stereocenters. The Morgan fingerprint density at radius 2 is 2.30 bits per heavy atom. The number of thiazole rings is 1. The fraction of sp³-hybridized carbons (Fsp3) is 0.0833. The quantitative estimate of drug-likeness (QED) is 0.666. The molecule has 0 aliphatic heterocycles. The molecule has 0 bridgehead atoms. The maximum Gasteiger partial charge on any atom is 0.358 e. The SMILES string of the molecule is O=C(OCc1cc(=O)n2ccsc2n1)c1cnccn1. The molecule has 0 N–H and O–H groups in total. The number of nitrogens with zero attached hydrogens (tertiary/aromatic N) is 4. The molecule has 0 fully saturated rings. The monoisotopic (exact) mass is 288 g/mol. The Hall–Kier alpha value is -2.61. The van der Waals surface area contributed by atoms with Gasteiger partial charge in [0.25, 0.3) is 5.56 Å². The van der Waals surface area contributed by atoms with Gasteiger partial charge in [-0.1, -0.05) is 0 Å². The molecule has 0 aliphatic carbocycles. The summed E-state index contributed by atoms with van der Waals surface area (Å²) in [6.07, 6.45) is 5.82. The van der Waals surface area contributed by atoms with Gasteiger partial charge >= 0.3 is 5.97 Å². The Balaban J connectivity index is 1.77. The molecule has 3 aromatic rings. The van der Waals surface area contributed by atoms with Crippen molar-refractivity contribution in [3.8, 4) is 0 Å². The molecule has 0 saturated heterocycles. The summed E-state index contributed by atoms with van der Waals surface area (Å²) in [5.41, 5.74) is 0.304. The summed E-state index contributed by atoms with van der Waals surface area (Å²) in [5.74, 6) is -0.605. The highest BCUT2D eigenvalue weighted by atomic mass is 32.1. The van der Waals surface area contributed by atoms with Gasteiger partial charge in [0.05, 0.1) is 11.9 Å². The van der Waals surface area contributed by atoms with Crippen molar-refractivity contribution in [1.29, 1.82) is 0 Å². The van der Waals surface area contributed by atoms with Gasteiger partial charge < -0.3 is 4.74 Å². The van der Waals surface area contributed by atoms with Crippen LogP contribution in [0.15, 0.2) is 41.0 Å². The summed E-state index contributed by atoms with van der Waals surface area (Å²) in [6.45, 7) is -0.0843. The summed E-state index contributed by atoms with van der Waals surface area (Å²) in [5, 5.41) is 1.76. The lowest BCUT2D eigenvalue weighted by atomic mass is 10.4. The number of rotatable bonds is 3. The average Bonchev–Trinajstić information content (AvgIpc) is 2.94. The van der Waals surface area contributed by atoms with E-state index in [1.807, 2.05) is 0 Å². The number of carbonyl (C=O) groups excluding carboxylic acids is 1. The van der Waals surface area contributed by atoms with E-state index in [0.717, 1.165) is 0 Å². The van der Waals surface area contributed by atoms with Gasteiger partial charge in [0, 0.05) is 30.0 Å². The highest BCUT2D eigenvalue weighted by molar-refractivity contribution is 7.15. The summed E-state index contributed by atoms with van der Waals surface area (Å²) in [7, 11) is 0. The van der Waals surface area contributed by atoms with Crippen molar-refractivity contribution in [3.05, 3.63) is 58.0 Å². The van der Waals surface area contributed by atoms with E-state index >= 15 is 0 Å². The first-order chi connectivity index (χ1) is 9.74. The maximum atomic E-state index is 11.7. The van der Waals surface area contributed by atoms with Crippen LogP contribution in [0.25, 0.3) is 4.96 Å². The van der Waals surface area contributed by atoms with Crippen LogP contribution in [-0.4, -0.2) is 25.3 Å². The molecule has 0 radical (unpaired) electrons. The smallest absolute Gasteiger partial charge is 0.358 e. The van der Waals surface area contributed by atoms with Crippen LogP contribution in [0, 0.1) is 0 Å². The van der Waals surface area contributed by atoms with Gasteiger partial charge in [-0.05, 0) is 0 Å². The number of hydrogen-bond donors (Lipinski definition) is 0. The summed E-state index contributed by atoms with van der Waals surface area (Å²) in [4.78, 5) is 35.8. The van der Waals surface area contributed by atoms with E-state index in [1.165, 1.54) is 40.4 Å². The number of ether oxygens (including phenoxy) is 1. The van der Waals surface area contributed by atoms with Crippen LogP contribution in [-0.2, 0) is 11.3 Å². The van der Waals surface area contributed by atoms with Gasteiger partial charge in [0.15, 0.2) is 10.7 Å². The van der Waals surface area contributed by atoms with E-state index < -0.39 is 5.97 Å². The lowest BCUT2D eigenvalue weighted by Gasteiger charge is -2.03. The van der Waals surface area contributed by atoms with Crippen LogP contribution < -0.4 is 5.56 Å². The van der Waals surface area contributed by atoms with E-state index in [1.54, 1.807) is 11.6 Å². The number of carbonyl (C=O) groups is 1. The molecular formula is C12H8N4O3S. The zero-order valence-electron chi connectivity index (χ0n) is 10.1. The molecule has 0 saturated carbocycles. The molecule has 0 amide bonds. The van der Waals surface area contributed by atoms with Crippen molar-refractivity contribution in [2.75, 3.05) is 0 Å². The Labute approximate surface area is 116 Å². The van der Waals surface area contributed by atoms with Gasteiger partial charge in [-0.25, -0.2) is 14.8 Å². The van der Waals surface area contributed by atoms with Gasteiger partial charge in [0.2, 0.25) is 0 Å². The summed E-state index contributed by atoms with van der Waals surface area (Å²) < 4.78 is 6.48.